The van der Waals surface area contributed by atoms with Crippen LogP contribution in [0.4, 0.5) is 0 Å². The van der Waals surface area contributed by atoms with E-state index >= 15 is 0 Å². The van der Waals surface area contributed by atoms with E-state index in [-0.39, 0.29) is 17.6 Å². The van der Waals surface area contributed by atoms with Crippen LogP contribution >= 0.6 is 0 Å². The summed E-state index contributed by atoms with van der Waals surface area (Å²) in [6.07, 6.45) is 5.68. The summed E-state index contributed by atoms with van der Waals surface area (Å²) in [4.78, 5) is 19.2. The normalized spacial score (nSPS) is 21.0. The van der Waals surface area contributed by atoms with Crippen molar-refractivity contribution in [3.63, 3.8) is 0 Å². The number of ether oxygens (including phenoxy) is 1. The monoisotopic (exact) mass is 375 g/mol. The van der Waals surface area contributed by atoms with Crippen molar-refractivity contribution < 1.29 is 4.74 Å². The van der Waals surface area contributed by atoms with Gasteiger partial charge in [-0.2, -0.15) is 0 Å². The highest BCUT2D eigenvalue weighted by Gasteiger charge is 2.34. The molecule has 0 aliphatic carbocycles. The summed E-state index contributed by atoms with van der Waals surface area (Å²) >= 11 is 0. The molecule has 0 spiro atoms. The number of hydrogen-bond donors (Lipinski definition) is 0. The summed E-state index contributed by atoms with van der Waals surface area (Å²) in [6.45, 7) is 8.90. The van der Waals surface area contributed by atoms with Gasteiger partial charge in [-0.05, 0) is 50.5 Å². The molecule has 0 N–H and O–H groups in total. The third-order valence-corrected chi connectivity index (χ3v) is 5.60. The van der Waals surface area contributed by atoms with Crippen LogP contribution in [0.2, 0.25) is 0 Å². The summed E-state index contributed by atoms with van der Waals surface area (Å²) in [7, 11) is 0. The molecule has 0 fully saturated rings. The zero-order valence-electron chi connectivity index (χ0n) is 16.7. The quantitative estimate of drug-likeness (QED) is 0.815. The van der Waals surface area contributed by atoms with Gasteiger partial charge in [-0.1, -0.05) is 24.3 Å². The molecule has 0 amide bonds. The first-order chi connectivity index (χ1) is 13.5. The van der Waals surface area contributed by atoms with Crippen molar-refractivity contribution in [2.75, 3.05) is 0 Å². The van der Waals surface area contributed by atoms with Crippen LogP contribution in [0.3, 0.4) is 0 Å². The van der Waals surface area contributed by atoms with Gasteiger partial charge in [-0.15, -0.1) is 0 Å². The number of pyridine rings is 1. The van der Waals surface area contributed by atoms with Crippen molar-refractivity contribution in [1.29, 1.82) is 0 Å². The van der Waals surface area contributed by atoms with Gasteiger partial charge in [0.2, 0.25) is 0 Å². The summed E-state index contributed by atoms with van der Waals surface area (Å²) in [6, 6.07) is 11.8. The molecule has 4 rings (SSSR count). The fourth-order valence-corrected chi connectivity index (χ4v) is 3.65. The average Bonchev–Trinajstić information content (AvgIpc) is 2.96. The average molecular weight is 375 g/mol. The number of allylic oxidation sites excluding steroid dienone is 2. The highest BCUT2D eigenvalue weighted by atomic mass is 16.5. The summed E-state index contributed by atoms with van der Waals surface area (Å²) < 4.78 is 7.90. The largest absolute Gasteiger partial charge is 0.485 e. The van der Waals surface area contributed by atoms with E-state index < -0.39 is 0 Å². The van der Waals surface area contributed by atoms with Gasteiger partial charge in [0.05, 0.1) is 17.8 Å². The zero-order chi connectivity index (χ0) is 19.8. The van der Waals surface area contributed by atoms with Crippen molar-refractivity contribution in [2.45, 2.75) is 46.4 Å². The maximum absolute atomic E-state index is 12.3. The predicted octanol–water partition coefficient (Wildman–Crippen LogP) is 3.87. The van der Waals surface area contributed by atoms with Crippen LogP contribution in [0, 0.1) is 13.8 Å². The molecule has 2 aromatic rings. The molecule has 5 heteroatoms. The Morgan fingerprint density at radius 1 is 1.07 bits per heavy atom. The van der Waals surface area contributed by atoms with Gasteiger partial charge in [0.1, 0.15) is 6.61 Å². The van der Waals surface area contributed by atoms with Gasteiger partial charge in [0.15, 0.2) is 11.6 Å². The molecule has 2 aliphatic heterocycles. The maximum atomic E-state index is 12.3. The summed E-state index contributed by atoms with van der Waals surface area (Å²) in [5.41, 5.74) is 4.31. The lowest BCUT2D eigenvalue weighted by Crippen LogP contribution is -2.36. The second kappa shape index (κ2) is 7.15. The predicted molar refractivity (Wildman–Crippen MR) is 112 cm³/mol. The van der Waals surface area contributed by atoms with Crippen molar-refractivity contribution in [3.05, 3.63) is 87.7 Å². The van der Waals surface area contributed by atoms with E-state index in [4.69, 9.17) is 9.73 Å². The van der Waals surface area contributed by atoms with Crippen LogP contribution in [0.1, 0.15) is 30.5 Å². The number of rotatable bonds is 4. The Labute approximate surface area is 165 Å². The molecule has 0 bridgehead atoms. The maximum Gasteiger partial charge on any atom is 0.255 e. The molecule has 3 heterocycles. The molecule has 2 unspecified atom stereocenters. The second-order valence-corrected chi connectivity index (χ2v) is 7.47. The van der Waals surface area contributed by atoms with E-state index in [1.54, 1.807) is 22.9 Å². The first-order valence-electron chi connectivity index (χ1n) is 9.61. The zero-order valence-corrected chi connectivity index (χ0v) is 16.7. The second-order valence-electron chi connectivity index (χ2n) is 7.47. The molecule has 2 aliphatic rings. The Balaban J connectivity index is 1.71. The first-order valence-corrected chi connectivity index (χ1v) is 9.61. The Bertz CT molecular complexity index is 1040. The molecular weight excluding hydrogens is 350 g/mol. The lowest BCUT2D eigenvalue weighted by atomic mass is 10.0. The molecule has 0 saturated carbocycles. The number of benzene rings is 1. The number of amidine groups is 1. The minimum Gasteiger partial charge on any atom is -0.485 e. The SMILES string of the molecule is Cc1cccc(C)c1COC1=CC(n2ccccc2=O)=CN2C1=NC(C)C2C. The number of aryl methyl sites for hydroxylation is 2. The molecule has 1 aromatic heterocycles. The third-order valence-electron chi connectivity index (χ3n) is 5.60. The summed E-state index contributed by atoms with van der Waals surface area (Å²) in [5, 5.41) is 0. The van der Waals surface area contributed by atoms with Crippen molar-refractivity contribution in [2.24, 2.45) is 4.99 Å². The number of hydrogen-bond acceptors (Lipinski definition) is 4. The highest BCUT2D eigenvalue weighted by Crippen LogP contribution is 2.29. The van der Waals surface area contributed by atoms with Crippen molar-refractivity contribution >= 4 is 11.5 Å². The minimum atomic E-state index is -0.0700. The third kappa shape index (κ3) is 3.17. The molecule has 5 nitrogen and oxygen atoms in total. The van der Waals surface area contributed by atoms with Crippen LogP contribution in [0.5, 0.6) is 0 Å². The Morgan fingerprint density at radius 2 is 1.82 bits per heavy atom. The number of aliphatic imine (C=N–C) groups is 1. The fourth-order valence-electron chi connectivity index (χ4n) is 3.65. The molecule has 2 atom stereocenters. The number of aromatic nitrogens is 1. The van der Waals surface area contributed by atoms with E-state index in [2.05, 4.69) is 50.8 Å². The smallest absolute Gasteiger partial charge is 0.255 e. The molecule has 144 valence electrons. The molecule has 1 aromatic carbocycles. The van der Waals surface area contributed by atoms with E-state index in [1.165, 1.54) is 16.7 Å². The van der Waals surface area contributed by atoms with Gasteiger partial charge in [0.25, 0.3) is 5.56 Å². The van der Waals surface area contributed by atoms with Crippen molar-refractivity contribution in [1.82, 2.24) is 9.47 Å². The van der Waals surface area contributed by atoms with Gasteiger partial charge in [0, 0.05) is 24.5 Å². The van der Waals surface area contributed by atoms with Crippen LogP contribution in [0.15, 0.2) is 70.4 Å². The van der Waals surface area contributed by atoms with E-state index in [0.717, 1.165) is 11.5 Å². The van der Waals surface area contributed by atoms with Gasteiger partial charge in [-0.25, -0.2) is 0 Å². The Kier molecular flexibility index (Phi) is 4.67. The molecule has 0 saturated heterocycles. The molecular formula is C23H25N3O2. The van der Waals surface area contributed by atoms with E-state index in [9.17, 15) is 4.79 Å². The number of fused-ring (bicyclic) bond motifs is 1. The lowest BCUT2D eigenvalue weighted by molar-refractivity contribution is 0.210. The standard InChI is InChI=1S/C23H25N3O2/c1-15-8-7-9-16(2)20(15)14-28-21-12-19(25-11-6-5-10-22(25)27)13-26-18(4)17(3)24-23(21)26/h5-13,17-18H,14H2,1-4H3. The first kappa shape index (κ1) is 18.3. The minimum absolute atomic E-state index is 0.0700. The molecule has 0 radical (unpaired) electrons. The summed E-state index contributed by atoms with van der Waals surface area (Å²) in [5.74, 6) is 1.53. The van der Waals surface area contributed by atoms with Crippen LogP contribution < -0.4 is 5.56 Å². The van der Waals surface area contributed by atoms with Gasteiger partial charge in [-0.3, -0.25) is 14.4 Å². The van der Waals surface area contributed by atoms with Crippen LogP contribution in [0.25, 0.3) is 5.70 Å². The topological polar surface area (TPSA) is 46.8 Å². The van der Waals surface area contributed by atoms with Gasteiger partial charge >= 0.3 is 0 Å². The van der Waals surface area contributed by atoms with Crippen molar-refractivity contribution in [3.8, 4) is 0 Å². The Morgan fingerprint density at radius 3 is 2.54 bits per heavy atom. The van der Waals surface area contributed by atoms with E-state index in [1.807, 2.05) is 18.3 Å². The fraction of sp³-hybridized carbons (Fsp3) is 0.304. The van der Waals surface area contributed by atoms with E-state index in [0.29, 0.717) is 12.4 Å². The number of nitrogens with zero attached hydrogens (tertiary/aromatic N) is 3. The highest BCUT2D eigenvalue weighted by molar-refractivity contribution is 6.02. The lowest BCUT2D eigenvalue weighted by Gasteiger charge is -2.28. The van der Waals surface area contributed by atoms with Crippen LogP contribution in [-0.4, -0.2) is 27.4 Å². The van der Waals surface area contributed by atoms with Crippen LogP contribution in [-0.2, 0) is 11.3 Å². The Hall–Kier alpha value is -3.08. The van der Waals surface area contributed by atoms with Gasteiger partial charge < -0.3 is 9.64 Å². The molecule has 28 heavy (non-hydrogen) atoms.